The Morgan fingerprint density at radius 3 is 0.867 bits per heavy atom. The van der Waals surface area contributed by atoms with E-state index in [-0.39, 0.29) is 0 Å². The van der Waals surface area contributed by atoms with Crippen LogP contribution in [0.15, 0.2) is 170 Å². The third-order valence-corrected chi connectivity index (χ3v) is 18.8. The SMILES string of the molecule is CCCOc1c2cccc1Cc1cccc3c1OCCOc1ccc(cc1)C1(C)c4ccc([nH]4)C(C)(C)c4ccc([nH]4)C(C)(c4ccc(cc4)OCCOc4c(cccc4Cc4cccc(c4OCCC)C3)C2)c2ccc([nH]2)C(C)(C)c2ccc1[nH]2.CO.CO. The number of H-pyrrole nitrogens is 4. The molecule has 24 bridgehead atoms. The number of para-hydroxylation sites is 4. The van der Waals surface area contributed by atoms with Gasteiger partial charge in [-0.25, -0.2) is 0 Å². The van der Waals surface area contributed by atoms with E-state index in [0.29, 0.717) is 65.3 Å². The molecule has 0 spiro atoms. The van der Waals surface area contributed by atoms with Gasteiger partial charge in [-0.1, -0.05) is 111 Å². The average Bonchev–Trinajstić information content (AvgIpc) is 1.58. The van der Waals surface area contributed by atoms with Crippen molar-refractivity contribution in [3.63, 3.8) is 0 Å². The van der Waals surface area contributed by atoms with Crippen LogP contribution >= 0.6 is 0 Å². The molecule has 1 aliphatic carbocycles. The Morgan fingerprint density at radius 1 is 0.333 bits per heavy atom. The Bertz CT molecular complexity index is 3610. The van der Waals surface area contributed by atoms with Crippen molar-refractivity contribution < 1.29 is 38.6 Å². The van der Waals surface area contributed by atoms with Crippen LogP contribution in [0.4, 0.5) is 0 Å². The fraction of sp³-hybridized carbons (Fsp3) is 0.333. The molecule has 0 radical (unpaired) electrons. The van der Waals surface area contributed by atoms with Crippen molar-refractivity contribution in [2.45, 2.75) is 116 Å². The minimum absolute atomic E-state index is 0.336. The van der Waals surface area contributed by atoms with E-state index in [1.165, 1.54) is 0 Å². The lowest BCUT2D eigenvalue weighted by molar-refractivity contribution is 0.214. The monoisotopic (exact) mass is 1210 g/mol. The van der Waals surface area contributed by atoms with Gasteiger partial charge in [0.25, 0.3) is 0 Å². The van der Waals surface area contributed by atoms with Crippen LogP contribution in [0, 0.1) is 0 Å². The third kappa shape index (κ3) is 12.0. The minimum atomic E-state index is -0.603. The minimum Gasteiger partial charge on any atom is -0.493 e. The second kappa shape index (κ2) is 26.7. The molecule has 0 atom stereocenters. The molecule has 0 fully saturated rings. The molecule has 18 rings (SSSR count). The first-order valence-corrected chi connectivity index (χ1v) is 31.9. The molecule has 0 unspecified atom stereocenters. The summed E-state index contributed by atoms with van der Waals surface area (Å²) in [5, 5.41) is 14.0. The van der Waals surface area contributed by atoms with Crippen LogP contribution in [-0.4, -0.2) is 84.0 Å². The van der Waals surface area contributed by atoms with Crippen molar-refractivity contribution in [1.29, 1.82) is 0 Å². The first-order valence-electron chi connectivity index (χ1n) is 31.9. The van der Waals surface area contributed by atoms with Crippen molar-refractivity contribution in [3.8, 4) is 34.5 Å². The van der Waals surface area contributed by atoms with E-state index in [1.54, 1.807) is 0 Å². The number of nitrogens with one attached hydrogen (secondary N) is 4. The van der Waals surface area contributed by atoms with Crippen LogP contribution < -0.4 is 28.4 Å². The predicted octanol–water partition coefficient (Wildman–Crippen LogP) is 15.4. The van der Waals surface area contributed by atoms with Crippen molar-refractivity contribution >= 4 is 0 Å². The van der Waals surface area contributed by atoms with Gasteiger partial charge in [-0.3, -0.25) is 0 Å². The molecule has 0 saturated heterocycles. The summed E-state index contributed by atoms with van der Waals surface area (Å²) in [6.45, 7) is 20.7. The average molecular weight is 1210 g/mol. The maximum Gasteiger partial charge on any atom is 0.126 e. The zero-order chi connectivity index (χ0) is 63.2. The highest BCUT2D eigenvalue weighted by atomic mass is 16.5. The molecule has 7 aliphatic heterocycles. The van der Waals surface area contributed by atoms with E-state index in [9.17, 15) is 0 Å². The van der Waals surface area contributed by atoms with Crippen LogP contribution in [0.1, 0.15) is 169 Å². The lowest BCUT2D eigenvalue weighted by atomic mass is 9.76. The van der Waals surface area contributed by atoms with Crippen molar-refractivity contribution in [2.24, 2.45) is 0 Å². The number of hydrogen-bond acceptors (Lipinski definition) is 8. The molecule has 8 aliphatic rings. The third-order valence-electron chi connectivity index (χ3n) is 18.8. The highest BCUT2D eigenvalue weighted by Gasteiger charge is 2.41. The molecule has 0 amide bonds. The van der Waals surface area contributed by atoms with Gasteiger partial charge in [0.05, 0.1) is 24.0 Å². The normalized spacial score (nSPS) is 18.0. The van der Waals surface area contributed by atoms with E-state index in [2.05, 4.69) is 245 Å². The van der Waals surface area contributed by atoms with Gasteiger partial charge < -0.3 is 58.6 Å². The van der Waals surface area contributed by atoms with Gasteiger partial charge in [-0.05, 0) is 183 Å². The highest BCUT2D eigenvalue weighted by molar-refractivity contribution is 5.58. The topological polar surface area (TPSA) is 159 Å². The van der Waals surface area contributed by atoms with Gasteiger partial charge in [0.2, 0.25) is 0 Å². The zero-order valence-corrected chi connectivity index (χ0v) is 54.0. The summed E-state index contributed by atoms with van der Waals surface area (Å²) in [7, 11) is 2.00. The van der Waals surface area contributed by atoms with Gasteiger partial charge in [0.1, 0.15) is 60.9 Å². The van der Waals surface area contributed by atoms with Crippen molar-refractivity contribution in [1.82, 2.24) is 19.9 Å². The molecule has 12 heteroatoms. The van der Waals surface area contributed by atoms with Gasteiger partial charge >= 0.3 is 0 Å². The van der Waals surface area contributed by atoms with E-state index in [1.807, 2.05) is 0 Å². The number of fused-ring (bicyclic) bond motifs is 2. The van der Waals surface area contributed by atoms with Crippen molar-refractivity contribution in [3.05, 3.63) is 271 Å². The highest BCUT2D eigenvalue weighted by Crippen LogP contribution is 2.46. The Kier molecular flexibility index (Phi) is 18.6. The number of benzene rings is 6. The largest absolute Gasteiger partial charge is 0.493 e. The molecule has 90 heavy (non-hydrogen) atoms. The van der Waals surface area contributed by atoms with E-state index in [4.69, 9.17) is 38.6 Å². The maximum atomic E-state index is 7.02. The van der Waals surface area contributed by atoms with Gasteiger partial charge in [0.15, 0.2) is 0 Å². The van der Waals surface area contributed by atoms with Crippen LogP contribution in [0.5, 0.6) is 34.5 Å². The Hall–Kier alpha value is -8.84. The van der Waals surface area contributed by atoms with E-state index in [0.717, 1.165) is 163 Å². The number of aromatic nitrogens is 4. The quantitative estimate of drug-likeness (QED) is 0.0960. The Balaban J connectivity index is 0.00000204. The molecule has 12 nitrogen and oxygen atoms in total. The first-order chi connectivity index (χ1) is 43.7. The van der Waals surface area contributed by atoms with Gasteiger partial charge in [0, 0.05) is 96.3 Å². The van der Waals surface area contributed by atoms with Gasteiger partial charge in [-0.2, -0.15) is 0 Å². The second-order valence-electron chi connectivity index (χ2n) is 25.1. The number of rotatable bonds is 6. The molecule has 0 saturated carbocycles. The van der Waals surface area contributed by atoms with Crippen molar-refractivity contribution in [2.75, 3.05) is 53.9 Å². The number of aliphatic hydroxyl groups is 2. The number of aliphatic hydroxyl groups excluding tert-OH is 2. The van der Waals surface area contributed by atoms with Crippen LogP contribution in [-0.2, 0) is 47.3 Å². The summed E-state index contributed by atoms with van der Waals surface area (Å²) in [4.78, 5) is 16.0. The second-order valence-corrected chi connectivity index (χ2v) is 25.1. The summed E-state index contributed by atoms with van der Waals surface area (Å²) in [6, 6.07) is 61.5. The summed E-state index contributed by atoms with van der Waals surface area (Å²) in [5.74, 6) is 5.07. The standard InChI is InChI=1S/C76H80N4O6.2CH4O/c1-9-39-83-69-49-15-11-16-50(69)46-54-20-14-22-56-48-52-18-12-17-51(70(52)84-40-10-2)47-55-21-13-19-53(45-49)71(55)85-43-41-81-59-27-23-57(24-28-59)75(7)65-35-31-61(77-65)73(3,4)62-32-36-66(78-62)76(8,58-25-29-60(30-26-58)82-42-44-86-72(54)56)68-38-34-64(80-68)74(5,6)63-33-37-67(75)79-63;2*1-2/h11-38,77-80H,9-10,39-48H2,1-8H3;2*2H,1H3. The number of aromatic amines is 4. The lowest BCUT2D eigenvalue weighted by Gasteiger charge is -2.32. The lowest BCUT2D eigenvalue weighted by Crippen LogP contribution is -2.29. The van der Waals surface area contributed by atoms with Gasteiger partial charge in [-0.15, -0.1) is 0 Å². The summed E-state index contributed by atoms with van der Waals surface area (Å²) in [6.07, 6.45) is 4.19. The molecule has 6 aromatic carbocycles. The molecule has 10 aromatic rings. The zero-order valence-electron chi connectivity index (χ0n) is 54.0. The van der Waals surface area contributed by atoms with Crippen LogP contribution in [0.2, 0.25) is 0 Å². The summed E-state index contributed by atoms with van der Waals surface area (Å²) in [5.41, 5.74) is 17.7. The molecule has 468 valence electrons. The molecular weight excluding hydrogens is 1120 g/mol. The Morgan fingerprint density at radius 2 is 0.589 bits per heavy atom. The molecule has 4 aromatic heterocycles. The summed E-state index contributed by atoms with van der Waals surface area (Å²) >= 11 is 0. The smallest absolute Gasteiger partial charge is 0.126 e. The van der Waals surface area contributed by atoms with E-state index >= 15 is 0 Å². The molecule has 6 N–H and O–H groups in total. The number of hydrogen-bond donors (Lipinski definition) is 6. The molecular formula is C78H88N4O8. The fourth-order valence-electron chi connectivity index (χ4n) is 13.4. The van der Waals surface area contributed by atoms with Crippen LogP contribution in [0.3, 0.4) is 0 Å². The maximum absolute atomic E-state index is 7.02. The Labute approximate surface area is 531 Å². The first kappa shape index (κ1) is 62.8. The fourth-order valence-corrected chi connectivity index (χ4v) is 13.4. The predicted molar refractivity (Wildman–Crippen MR) is 358 cm³/mol. The molecule has 11 heterocycles. The van der Waals surface area contributed by atoms with Crippen LogP contribution in [0.25, 0.3) is 0 Å². The number of ether oxygens (including phenoxy) is 6. The van der Waals surface area contributed by atoms with E-state index < -0.39 is 21.7 Å². The summed E-state index contributed by atoms with van der Waals surface area (Å²) < 4.78 is 40.9.